The zero-order chi connectivity index (χ0) is 8.81. The summed E-state index contributed by atoms with van der Waals surface area (Å²) < 4.78 is 0. The first-order chi connectivity index (χ1) is 5.86. The average molecular weight is 172 g/mol. The molecule has 1 rings (SSSR count). The van der Waals surface area contributed by atoms with Crippen molar-refractivity contribution in [3.8, 4) is 0 Å². The Balaban J connectivity index is 2.16. The predicted octanol–water partition coefficient (Wildman–Crippen LogP) is 1.56. The highest BCUT2D eigenvalue weighted by molar-refractivity contribution is 4.72. The summed E-state index contributed by atoms with van der Waals surface area (Å²) in [4.78, 5) is 0. The van der Waals surface area contributed by atoms with E-state index in [1.165, 1.54) is 25.7 Å². The van der Waals surface area contributed by atoms with Gasteiger partial charge in [0.1, 0.15) is 0 Å². The molecule has 0 aromatic carbocycles. The average Bonchev–Trinajstić information content (AvgIpc) is 2.15. The van der Waals surface area contributed by atoms with Gasteiger partial charge in [0.2, 0.25) is 0 Å². The van der Waals surface area contributed by atoms with Crippen molar-refractivity contribution in [2.75, 3.05) is 13.2 Å². The van der Waals surface area contributed by atoms with E-state index in [-0.39, 0.29) is 0 Å². The number of rotatable bonds is 4. The van der Waals surface area contributed by atoms with E-state index in [4.69, 9.17) is 10.2 Å². The van der Waals surface area contributed by atoms with Gasteiger partial charge < -0.3 is 10.2 Å². The first-order valence-corrected chi connectivity index (χ1v) is 5.08. The maximum Gasteiger partial charge on any atom is 0.0459 e. The van der Waals surface area contributed by atoms with Crippen LogP contribution in [0.15, 0.2) is 0 Å². The quantitative estimate of drug-likeness (QED) is 0.675. The van der Waals surface area contributed by atoms with Gasteiger partial charge in [-0.25, -0.2) is 0 Å². The lowest BCUT2D eigenvalue weighted by Gasteiger charge is -2.27. The van der Waals surface area contributed by atoms with Crippen LogP contribution in [0.1, 0.15) is 38.5 Å². The summed E-state index contributed by atoms with van der Waals surface area (Å²) in [5.41, 5.74) is 0. The van der Waals surface area contributed by atoms with Gasteiger partial charge in [-0.3, -0.25) is 0 Å². The third-order valence-corrected chi connectivity index (χ3v) is 2.92. The summed E-state index contributed by atoms with van der Waals surface area (Å²) in [6.07, 6.45) is 7.02. The number of aliphatic hydroxyl groups is 2. The summed E-state index contributed by atoms with van der Waals surface area (Å²) in [7, 11) is 0. The van der Waals surface area contributed by atoms with E-state index in [0.717, 1.165) is 18.8 Å². The topological polar surface area (TPSA) is 40.5 Å². The van der Waals surface area contributed by atoms with E-state index in [9.17, 15) is 0 Å². The van der Waals surface area contributed by atoms with Crippen molar-refractivity contribution in [2.45, 2.75) is 38.5 Å². The first-order valence-electron chi connectivity index (χ1n) is 5.08. The number of aliphatic hydroxyl groups excluding tert-OH is 2. The zero-order valence-electron chi connectivity index (χ0n) is 7.71. The monoisotopic (exact) mass is 172 g/mol. The largest absolute Gasteiger partial charge is 0.396 e. The summed E-state index contributed by atoms with van der Waals surface area (Å²) in [6.45, 7) is 0.677. The lowest BCUT2D eigenvalue weighted by Crippen LogP contribution is -2.18. The molecule has 0 amide bonds. The van der Waals surface area contributed by atoms with Gasteiger partial charge in [0.05, 0.1) is 0 Å². The summed E-state index contributed by atoms with van der Waals surface area (Å²) >= 11 is 0. The Hall–Kier alpha value is -0.0800. The molecule has 12 heavy (non-hydrogen) atoms. The van der Waals surface area contributed by atoms with Gasteiger partial charge in [-0.05, 0) is 37.5 Å². The van der Waals surface area contributed by atoms with Crippen molar-refractivity contribution in [3.63, 3.8) is 0 Å². The second kappa shape index (κ2) is 5.55. The molecule has 0 radical (unpaired) electrons. The fourth-order valence-corrected chi connectivity index (χ4v) is 2.21. The second-order valence-corrected chi connectivity index (χ2v) is 3.95. The van der Waals surface area contributed by atoms with E-state index in [0.29, 0.717) is 19.1 Å². The van der Waals surface area contributed by atoms with Crippen LogP contribution in [0.25, 0.3) is 0 Å². The molecule has 1 fully saturated rings. The molecule has 2 N–H and O–H groups in total. The molecular formula is C10H20O2. The number of hydrogen-bond donors (Lipinski definition) is 2. The minimum absolute atomic E-state index is 0.320. The molecule has 72 valence electrons. The fraction of sp³-hybridized carbons (Fsp3) is 1.00. The Labute approximate surface area is 74.6 Å². The van der Waals surface area contributed by atoms with Crippen LogP contribution in [0.5, 0.6) is 0 Å². The van der Waals surface area contributed by atoms with Crippen molar-refractivity contribution < 1.29 is 10.2 Å². The van der Waals surface area contributed by atoms with Crippen LogP contribution in [0, 0.1) is 11.8 Å². The molecule has 0 saturated heterocycles. The van der Waals surface area contributed by atoms with Crippen molar-refractivity contribution in [3.05, 3.63) is 0 Å². The Morgan fingerprint density at radius 3 is 2.50 bits per heavy atom. The van der Waals surface area contributed by atoms with E-state index in [1.807, 2.05) is 0 Å². The maximum absolute atomic E-state index is 8.98. The third kappa shape index (κ3) is 3.11. The normalized spacial score (nSPS) is 30.5. The zero-order valence-corrected chi connectivity index (χ0v) is 7.71. The van der Waals surface area contributed by atoms with Crippen LogP contribution >= 0.6 is 0 Å². The lowest BCUT2D eigenvalue weighted by atomic mass is 9.80. The van der Waals surface area contributed by atoms with Gasteiger partial charge in [0.15, 0.2) is 0 Å². The molecule has 0 aromatic heterocycles. The van der Waals surface area contributed by atoms with Crippen LogP contribution in [0.3, 0.4) is 0 Å². The third-order valence-electron chi connectivity index (χ3n) is 2.92. The highest BCUT2D eigenvalue weighted by Crippen LogP contribution is 2.31. The van der Waals surface area contributed by atoms with Gasteiger partial charge in [0.25, 0.3) is 0 Å². The summed E-state index contributed by atoms with van der Waals surface area (Å²) in [5, 5.41) is 17.7. The van der Waals surface area contributed by atoms with Gasteiger partial charge in [0, 0.05) is 13.2 Å². The smallest absolute Gasteiger partial charge is 0.0459 e. The molecule has 0 heterocycles. The molecule has 1 aliphatic rings. The van der Waals surface area contributed by atoms with Crippen LogP contribution < -0.4 is 0 Å². The predicted molar refractivity (Wildman–Crippen MR) is 48.9 cm³/mol. The minimum atomic E-state index is 0.320. The molecular weight excluding hydrogens is 152 g/mol. The summed E-state index contributed by atoms with van der Waals surface area (Å²) in [6, 6.07) is 0. The summed E-state index contributed by atoms with van der Waals surface area (Å²) in [5.74, 6) is 1.31. The standard InChI is InChI=1S/C10H20O2/c11-6-2-5-9-3-1-4-10(7-9)8-12/h9-12H,1-8H2. The highest BCUT2D eigenvalue weighted by Gasteiger charge is 2.20. The minimum Gasteiger partial charge on any atom is -0.396 e. The van der Waals surface area contributed by atoms with Gasteiger partial charge in [-0.2, -0.15) is 0 Å². The van der Waals surface area contributed by atoms with Crippen LogP contribution in [0.4, 0.5) is 0 Å². The van der Waals surface area contributed by atoms with Gasteiger partial charge in [-0.15, -0.1) is 0 Å². The van der Waals surface area contributed by atoms with Crippen molar-refractivity contribution in [2.24, 2.45) is 11.8 Å². The Morgan fingerprint density at radius 1 is 1.08 bits per heavy atom. The van der Waals surface area contributed by atoms with E-state index >= 15 is 0 Å². The Kier molecular flexibility index (Phi) is 4.62. The lowest BCUT2D eigenvalue weighted by molar-refractivity contribution is 0.151. The van der Waals surface area contributed by atoms with E-state index < -0.39 is 0 Å². The molecule has 2 unspecified atom stereocenters. The van der Waals surface area contributed by atoms with Crippen molar-refractivity contribution in [1.29, 1.82) is 0 Å². The van der Waals surface area contributed by atoms with Gasteiger partial charge in [-0.1, -0.05) is 12.8 Å². The fourth-order valence-electron chi connectivity index (χ4n) is 2.21. The van der Waals surface area contributed by atoms with E-state index in [1.54, 1.807) is 0 Å². The van der Waals surface area contributed by atoms with Crippen molar-refractivity contribution >= 4 is 0 Å². The van der Waals surface area contributed by atoms with Crippen LogP contribution in [-0.4, -0.2) is 23.4 Å². The van der Waals surface area contributed by atoms with Crippen LogP contribution in [0.2, 0.25) is 0 Å². The van der Waals surface area contributed by atoms with Gasteiger partial charge >= 0.3 is 0 Å². The number of hydrogen-bond acceptors (Lipinski definition) is 2. The molecule has 1 saturated carbocycles. The van der Waals surface area contributed by atoms with Crippen LogP contribution in [-0.2, 0) is 0 Å². The Morgan fingerprint density at radius 2 is 1.83 bits per heavy atom. The highest BCUT2D eigenvalue weighted by atomic mass is 16.3. The molecule has 0 spiro atoms. The maximum atomic E-state index is 8.98. The molecule has 2 atom stereocenters. The molecule has 1 aliphatic carbocycles. The van der Waals surface area contributed by atoms with E-state index in [2.05, 4.69) is 0 Å². The second-order valence-electron chi connectivity index (χ2n) is 3.95. The molecule has 0 bridgehead atoms. The molecule has 0 aliphatic heterocycles. The Bertz CT molecular complexity index is 114. The molecule has 2 heteroatoms. The molecule has 2 nitrogen and oxygen atoms in total. The molecule has 0 aromatic rings. The first kappa shape index (κ1) is 10.0. The van der Waals surface area contributed by atoms with Crippen molar-refractivity contribution in [1.82, 2.24) is 0 Å². The SMILES string of the molecule is OCCCC1CCCC(CO)C1.